The van der Waals surface area contributed by atoms with E-state index in [4.69, 9.17) is 15.7 Å². The zero-order chi connectivity index (χ0) is 8.54. The number of rotatable bonds is 1. The van der Waals surface area contributed by atoms with Gasteiger partial charge in [0.1, 0.15) is 0 Å². The quantitative estimate of drug-likeness (QED) is 0.442. The maximum Gasteiger partial charge on any atom is 0.472 e. The van der Waals surface area contributed by atoms with Crippen molar-refractivity contribution in [2.24, 2.45) is 5.73 Å². The average molecular weight is 183 g/mol. The lowest BCUT2D eigenvalue weighted by molar-refractivity contribution is 0.0140. The zero-order valence-electron chi connectivity index (χ0n) is 5.77. The first-order valence-corrected chi connectivity index (χ1v) is 4.49. The standard InChI is InChI=1S/C4H10NO5P/c5-4(1-6)2-9-11(7,8)10-3-4/h6H,1-3,5H2,(H,7,8). The molecule has 0 saturated carbocycles. The molecule has 0 aromatic carbocycles. The fraction of sp³-hybridized carbons (Fsp3) is 1.00. The van der Waals surface area contributed by atoms with E-state index >= 15 is 0 Å². The first-order valence-electron chi connectivity index (χ1n) is 2.99. The van der Waals surface area contributed by atoms with Gasteiger partial charge in [0, 0.05) is 0 Å². The summed E-state index contributed by atoms with van der Waals surface area (Å²) in [6, 6.07) is 0. The molecule has 0 aromatic heterocycles. The van der Waals surface area contributed by atoms with Gasteiger partial charge in [0.15, 0.2) is 0 Å². The molecule has 0 atom stereocenters. The Hall–Kier alpha value is 0.0300. The summed E-state index contributed by atoms with van der Waals surface area (Å²) in [7, 11) is -3.87. The Bertz CT molecular complexity index is 183. The van der Waals surface area contributed by atoms with Gasteiger partial charge in [-0.05, 0) is 0 Å². The summed E-state index contributed by atoms with van der Waals surface area (Å²) in [6.07, 6.45) is 0. The lowest BCUT2D eigenvalue weighted by Gasteiger charge is -2.32. The van der Waals surface area contributed by atoms with Crippen LogP contribution in [0.3, 0.4) is 0 Å². The molecule has 6 nitrogen and oxygen atoms in total. The molecule has 0 bridgehead atoms. The maximum absolute atomic E-state index is 10.6. The fourth-order valence-corrected chi connectivity index (χ4v) is 1.51. The van der Waals surface area contributed by atoms with E-state index < -0.39 is 13.4 Å². The molecule has 0 unspecified atom stereocenters. The lowest BCUT2D eigenvalue weighted by Crippen LogP contribution is -2.53. The summed E-state index contributed by atoms with van der Waals surface area (Å²) in [5.74, 6) is 0. The highest BCUT2D eigenvalue weighted by atomic mass is 31.2. The number of nitrogens with two attached hydrogens (primary N) is 1. The number of phosphoric acid groups is 1. The molecular weight excluding hydrogens is 173 g/mol. The largest absolute Gasteiger partial charge is 0.472 e. The van der Waals surface area contributed by atoms with Crippen molar-refractivity contribution < 1.29 is 23.6 Å². The van der Waals surface area contributed by atoms with Gasteiger partial charge in [-0.3, -0.25) is 9.05 Å². The van der Waals surface area contributed by atoms with Crippen molar-refractivity contribution in [3.8, 4) is 0 Å². The second-order valence-electron chi connectivity index (χ2n) is 2.54. The van der Waals surface area contributed by atoms with Crippen molar-refractivity contribution in [3.05, 3.63) is 0 Å². The summed E-state index contributed by atoms with van der Waals surface area (Å²) in [6.45, 7) is -0.679. The van der Waals surface area contributed by atoms with Crippen LogP contribution >= 0.6 is 7.82 Å². The number of hydrogen-bond donors (Lipinski definition) is 3. The highest BCUT2D eigenvalue weighted by Crippen LogP contribution is 2.47. The van der Waals surface area contributed by atoms with Crippen LogP contribution in [0.1, 0.15) is 0 Å². The van der Waals surface area contributed by atoms with Gasteiger partial charge in [0.25, 0.3) is 0 Å². The van der Waals surface area contributed by atoms with Crippen LogP contribution in [0.15, 0.2) is 0 Å². The third kappa shape index (κ3) is 2.23. The fourth-order valence-electron chi connectivity index (χ4n) is 0.590. The molecule has 0 amide bonds. The minimum absolute atomic E-state index is 0.169. The van der Waals surface area contributed by atoms with Crippen LogP contribution in [0.25, 0.3) is 0 Å². The third-order valence-electron chi connectivity index (χ3n) is 1.35. The van der Waals surface area contributed by atoms with Crippen LogP contribution < -0.4 is 5.73 Å². The minimum Gasteiger partial charge on any atom is -0.394 e. The van der Waals surface area contributed by atoms with E-state index in [9.17, 15) is 4.57 Å². The van der Waals surface area contributed by atoms with E-state index in [1.165, 1.54) is 0 Å². The van der Waals surface area contributed by atoms with Crippen molar-refractivity contribution in [1.82, 2.24) is 0 Å². The van der Waals surface area contributed by atoms with E-state index in [1.807, 2.05) is 0 Å². The van der Waals surface area contributed by atoms with E-state index in [0.29, 0.717) is 0 Å². The molecule has 1 aliphatic rings. The lowest BCUT2D eigenvalue weighted by atomic mass is 10.1. The van der Waals surface area contributed by atoms with Gasteiger partial charge in [0.2, 0.25) is 0 Å². The van der Waals surface area contributed by atoms with Gasteiger partial charge in [-0.25, -0.2) is 4.57 Å². The summed E-state index contributed by atoms with van der Waals surface area (Å²) in [5, 5.41) is 8.66. The van der Waals surface area contributed by atoms with Crippen molar-refractivity contribution in [3.63, 3.8) is 0 Å². The molecule has 0 aliphatic carbocycles. The molecule has 0 aromatic rings. The summed E-state index contributed by atoms with van der Waals surface area (Å²) in [5.41, 5.74) is 4.40. The van der Waals surface area contributed by atoms with E-state index in [1.54, 1.807) is 0 Å². The highest BCUT2D eigenvalue weighted by molar-refractivity contribution is 7.47. The third-order valence-corrected chi connectivity index (χ3v) is 2.26. The predicted molar refractivity (Wildman–Crippen MR) is 35.7 cm³/mol. The van der Waals surface area contributed by atoms with Crippen LogP contribution in [0.2, 0.25) is 0 Å². The average Bonchev–Trinajstić information content (AvgIpc) is 1.97. The summed E-state index contributed by atoms with van der Waals surface area (Å²) >= 11 is 0. The van der Waals surface area contributed by atoms with Crippen molar-refractivity contribution >= 4 is 7.82 Å². The van der Waals surface area contributed by atoms with Gasteiger partial charge >= 0.3 is 7.82 Å². The molecule has 11 heavy (non-hydrogen) atoms. The molecule has 66 valence electrons. The monoisotopic (exact) mass is 183 g/mol. The van der Waals surface area contributed by atoms with E-state index in [2.05, 4.69) is 9.05 Å². The molecule has 1 aliphatic heterocycles. The van der Waals surface area contributed by atoms with Crippen LogP contribution in [-0.4, -0.2) is 35.4 Å². The molecule has 1 saturated heterocycles. The molecule has 0 spiro atoms. The Morgan fingerprint density at radius 1 is 1.55 bits per heavy atom. The number of phosphoric ester groups is 1. The Morgan fingerprint density at radius 2 is 2.00 bits per heavy atom. The van der Waals surface area contributed by atoms with E-state index in [0.717, 1.165) is 0 Å². The SMILES string of the molecule is NC1(CO)COP(=O)(O)OC1. The highest BCUT2D eigenvalue weighted by Gasteiger charge is 2.38. The molecule has 1 rings (SSSR count). The van der Waals surface area contributed by atoms with Crippen molar-refractivity contribution in [2.45, 2.75) is 5.54 Å². The smallest absolute Gasteiger partial charge is 0.394 e. The minimum atomic E-state index is -3.87. The Morgan fingerprint density at radius 3 is 2.36 bits per heavy atom. The van der Waals surface area contributed by atoms with Crippen LogP contribution in [0, 0.1) is 0 Å². The van der Waals surface area contributed by atoms with Crippen molar-refractivity contribution in [2.75, 3.05) is 19.8 Å². The van der Waals surface area contributed by atoms with Crippen LogP contribution in [0.5, 0.6) is 0 Å². The second-order valence-corrected chi connectivity index (χ2v) is 3.99. The number of aliphatic hydroxyl groups excluding tert-OH is 1. The van der Waals surface area contributed by atoms with Crippen LogP contribution in [-0.2, 0) is 13.6 Å². The molecular formula is C4H10NO5P. The van der Waals surface area contributed by atoms with Gasteiger partial charge in [-0.2, -0.15) is 0 Å². The van der Waals surface area contributed by atoms with Gasteiger partial charge in [-0.15, -0.1) is 0 Å². The zero-order valence-corrected chi connectivity index (χ0v) is 6.66. The van der Waals surface area contributed by atoms with Gasteiger partial charge in [-0.1, -0.05) is 0 Å². The normalized spacial score (nSPS) is 45.7. The van der Waals surface area contributed by atoms with E-state index in [-0.39, 0.29) is 19.8 Å². The predicted octanol–water partition coefficient (Wildman–Crippen LogP) is -1.18. The maximum atomic E-state index is 10.6. The molecule has 0 radical (unpaired) electrons. The number of hydrogen-bond acceptors (Lipinski definition) is 5. The summed E-state index contributed by atoms with van der Waals surface area (Å²) in [4.78, 5) is 8.68. The molecule has 4 N–H and O–H groups in total. The molecule has 7 heteroatoms. The van der Waals surface area contributed by atoms with Crippen molar-refractivity contribution in [1.29, 1.82) is 0 Å². The topological polar surface area (TPSA) is 102 Å². The molecule has 1 heterocycles. The number of aliphatic hydroxyl groups is 1. The van der Waals surface area contributed by atoms with Gasteiger partial charge < -0.3 is 15.7 Å². The second kappa shape index (κ2) is 2.82. The first-order chi connectivity index (χ1) is 4.97. The first kappa shape index (κ1) is 9.12. The van der Waals surface area contributed by atoms with Gasteiger partial charge in [0.05, 0.1) is 25.4 Å². The van der Waals surface area contributed by atoms with Crippen LogP contribution in [0.4, 0.5) is 0 Å². The Balaban J connectivity index is 2.54. The summed E-state index contributed by atoms with van der Waals surface area (Å²) < 4.78 is 19.4. The Kier molecular flexibility index (Phi) is 2.34. The molecule has 1 fully saturated rings. The Labute approximate surface area is 63.5 Å².